The van der Waals surface area contributed by atoms with Gasteiger partial charge in [0, 0.05) is 50.0 Å². The lowest BCUT2D eigenvalue weighted by molar-refractivity contribution is -0.137. The van der Waals surface area contributed by atoms with Gasteiger partial charge >= 0.3 is 6.18 Å². The van der Waals surface area contributed by atoms with Crippen molar-refractivity contribution in [2.24, 2.45) is 0 Å². The lowest BCUT2D eigenvalue weighted by Gasteiger charge is -2.36. The van der Waals surface area contributed by atoms with Gasteiger partial charge in [-0.1, -0.05) is 0 Å². The number of halogens is 3. The van der Waals surface area contributed by atoms with Crippen LogP contribution in [0.3, 0.4) is 0 Å². The van der Waals surface area contributed by atoms with Gasteiger partial charge in [-0.15, -0.1) is 0 Å². The average molecular weight is 459 g/mol. The smallest absolute Gasteiger partial charge is 0.416 e. The van der Waals surface area contributed by atoms with E-state index in [1.165, 1.54) is 12.3 Å². The summed E-state index contributed by atoms with van der Waals surface area (Å²) in [6.45, 7) is 4.17. The van der Waals surface area contributed by atoms with Crippen LogP contribution in [0, 0.1) is 0 Å². The Bertz CT molecular complexity index is 1230. The van der Waals surface area contributed by atoms with E-state index in [2.05, 4.69) is 4.90 Å². The Labute approximate surface area is 188 Å². The molecule has 1 aliphatic heterocycles. The van der Waals surface area contributed by atoms with Gasteiger partial charge in [0.1, 0.15) is 11.3 Å². The number of aryl methyl sites for hydroxylation is 1. The number of hydrogen-bond acceptors (Lipinski definition) is 4. The van der Waals surface area contributed by atoms with Gasteiger partial charge in [0.15, 0.2) is 0 Å². The van der Waals surface area contributed by atoms with Crippen LogP contribution in [0.25, 0.3) is 10.9 Å². The van der Waals surface area contributed by atoms with E-state index in [0.29, 0.717) is 38.2 Å². The number of aromatic nitrogens is 1. The second kappa shape index (κ2) is 8.80. The molecule has 1 aliphatic rings. The first-order valence-electron chi connectivity index (χ1n) is 10.7. The lowest BCUT2D eigenvalue weighted by Crippen LogP contribution is -2.49. The fourth-order valence-electron chi connectivity index (χ4n) is 4.12. The monoisotopic (exact) mass is 459 g/mol. The van der Waals surface area contributed by atoms with Crippen LogP contribution in [-0.2, 0) is 12.7 Å². The number of alkyl halides is 3. The maximum atomic E-state index is 13.2. The molecular weight excluding hydrogens is 435 g/mol. The molecule has 0 aliphatic carbocycles. The zero-order chi connectivity index (χ0) is 23.8. The Balaban J connectivity index is 1.60. The van der Waals surface area contributed by atoms with E-state index in [1.54, 1.807) is 16.6 Å². The summed E-state index contributed by atoms with van der Waals surface area (Å²) in [6, 6.07) is 10.7. The topological polar surface area (TPSA) is 54.8 Å². The molecule has 174 valence electrons. The van der Waals surface area contributed by atoms with Gasteiger partial charge in [-0.05, 0) is 49.4 Å². The minimum atomic E-state index is -4.57. The van der Waals surface area contributed by atoms with Crippen molar-refractivity contribution < 1.29 is 22.7 Å². The van der Waals surface area contributed by atoms with Crippen LogP contribution in [0.5, 0.6) is 5.75 Å². The number of rotatable bonds is 4. The molecule has 0 radical (unpaired) electrons. The van der Waals surface area contributed by atoms with Crippen LogP contribution in [-0.4, -0.2) is 48.7 Å². The first-order chi connectivity index (χ1) is 15.7. The van der Waals surface area contributed by atoms with Gasteiger partial charge in [0.2, 0.25) is 5.43 Å². The van der Waals surface area contributed by atoms with Crippen molar-refractivity contribution in [2.45, 2.75) is 19.6 Å². The molecule has 0 spiro atoms. The fourth-order valence-corrected chi connectivity index (χ4v) is 4.12. The van der Waals surface area contributed by atoms with Crippen LogP contribution >= 0.6 is 0 Å². The number of benzene rings is 2. The summed E-state index contributed by atoms with van der Waals surface area (Å²) in [5.74, 6) is 0.292. The predicted octanol–water partition coefficient (Wildman–Crippen LogP) is 4.01. The summed E-state index contributed by atoms with van der Waals surface area (Å²) in [7, 11) is 1.60. The number of hydrogen-bond donors (Lipinski definition) is 0. The molecule has 0 atom stereocenters. The average Bonchev–Trinajstić information content (AvgIpc) is 2.83. The van der Waals surface area contributed by atoms with Crippen molar-refractivity contribution in [1.82, 2.24) is 9.47 Å². The Morgan fingerprint density at radius 1 is 1.03 bits per heavy atom. The minimum Gasteiger partial charge on any atom is -0.497 e. The summed E-state index contributed by atoms with van der Waals surface area (Å²) in [5, 5.41) is -0.102. The molecule has 4 rings (SSSR count). The van der Waals surface area contributed by atoms with Gasteiger partial charge in [-0.2, -0.15) is 13.2 Å². The van der Waals surface area contributed by atoms with Crippen molar-refractivity contribution in [3.63, 3.8) is 0 Å². The van der Waals surface area contributed by atoms with E-state index in [1.807, 2.05) is 31.2 Å². The van der Waals surface area contributed by atoms with Crippen LogP contribution in [0.2, 0.25) is 0 Å². The molecule has 2 aromatic carbocycles. The van der Waals surface area contributed by atoms with Gasteiger partial charge in [0.25, 0.3) is 5.91 Å². The normalized spacial score (nSPS) is 14.6. The van der Waals surface area contributed by atoms with E-state index in [9.17, 15) is 22.8 Å². The van der Waals surface area contributed by atoms with Gasteiger partial charge in [0.05, 0.1) is 18.2 Å². The van der Waals surface area contributed by atoms with Crippen molar-refractivity contribution in [2.75, 3.05) is 38.2 Å². The van der Waals surface area contributed by atoms with E-state index < -0.39 is 23.1 Å². The Hall–Kier alpha value is -3.49. The molecular formula is C24H24F3N3O3. The minimum absolute atomic E-state index is 0.102. The zero-order valence-electron chi connectivity index (χ0n) is 18.4. The number of fused-ring (bicyclic) bond motifs is 1. The van der Waals surface area contributed by atoms with Crippen molar-refractivity contribution >= 4 is 22.5 Å². The number of methoxy groups -OCH3 is 1. The SMILES string of the molecule is CCn1cc(C(=O)N2CCN(c3ccc(OC)cc3)CC2)c(=O)c2cc(C(F)(F)F)ccc21. The van der Waals surface area contributed by atoms with Crippen LogP contribution < -0.4 is 15.1 Å². The molecule has 2 heterocycles. The van der Waals surface area contributed by atoms with E-state index in [4.69, 9.17) is 4.74 Å². The molecule has 0 bridgehead atoms. The molecule has 0 saturated carbocycles. The van der Waals surface area contributed by atoms with E-state index in [-0.39, 0.29) is 10.9 Å². The number of carbonyl (C=O) groups excluding carboxylic acids is 1. The van der Waals surface area contributed by atoms with Crippen LogP contribution in [0.15, 0.2) is 53.5 Å². The standard InChI is InChI=1S/C24H24F3N3O3/c1-3-28-15-20(22(31)19-14-16(24(25,26)27)4-9-21(19)28)23(32)30-12-10-29(11-13-30)17-5-7-18(33-2)8-6-17/h4-9,14-15H,3,10-13H2,1-2H3. The fraction of sp³-hybridized carbons (Fsp3) is 0.333. The largest absolute Gasteiger partial charge is 0.497 e. The third-order valence-corrected chi connectivity index (χ3v) is 5.98. The lowest BCUT2D eigenvalue weighted by atomic mass is 10.1. The van der Waals surface area contributed by atoms with Gasteiger partial charge < -0.3 is 19.1 Å². The summed E-state index contributed by atoms with van der Waals surface area (Å²) in [6.07, 6.45) is -3.12. The molecule has 9 heteroatoms. The molecule has 6 nitrogen and oxygen atoms in total. The maximum absolute atomic E-state index is 13.2. The number of carbonyl (C=O) groups is 1. The third kappa shape index (κ3) is 4.40. The number of pyridine rings is 1. The highest BCUT2D eigenvalue weighted by molar-refractivity contribution is 5.97. The molecule has 3 aromatic rings. The quantitative estimate of drug-likeness (QED) is 0.592. The van der Waals surface area contributed by atoms with Gasteiger partial charge in [-0.25, -0.2) is 0 Å². The van der Waals surface area contributed by atoms with Crippen molar-refractivity contribution in [3.8, 4) is 5.75 Å². The van der Waals surface area contributed by atoms with Crippen LogP contribution in [0.4, 0.5) is 18.9 Å². The number of nitrogens with zero attached hydrogens (tertiary/aromatic N) is 3. The second-order valence-corrected chi connectivity index (χ2v) is 7.86. The first-order valence-corrected chi connectivity index (χ1v) is 10.7. The first kappa shape index (κ1) is 22.7. The van der Waals surface area contributed by atoms with Gasteiger partial charge in [-0.3, -0.25) is 9.59 Å². The Kier molecular flexibility index (Phi) is 6.05. The van der Waals surface area contributed by atoms with Crippen LogP contribution in [0.1, 0.15) is 22.8 Å². The molecule has 0 N–H and O–H groups in total. The van der Waals surface area contributed by atoms with E-state index >= 15 is 0 Å². The number of piperazine rings is 1. The summed E-state index contributed by atoms with van der Waals surface area (Å²) in [5.41, 5.74) is -0.324. The highest BCUT2D eigenvalue weighted by atomic mass is 19.4. The number of ether oxygens (including phenoxy) is 1. The second-order valence-electron chi connectivity index (χ2n) is 7.86. The Morgan fingerprint density at radius 2 is 1.70 bits per heavy atom. The molecule has 0 unspecified atom stereocenters. The highest BCUT2D eigenvalue weighted by Crippen LogP contribution is 2.31. The Morgan fingerprint density at radius 3 is 2.27 bits per heavy atom. The summed E-state index contributed by atoms with van der Waals surface area (Å²) in [4.78, 5) is 30.0. The number of amides is 1. The van der Waals surface area contributed by atoms with Crippen molar-refractivity contribution in [1.29, 1.82) is 0 Å². The molecule has 33 heavy (non-hydrogen) atoms. The number of anilines is 1. The zero-order valence-corrected chi connectivity index (χ0v) is 18.4. The molecule has 1 fully saturated rings. The molecule has 1 amide bonds. The summed E-state index contributed by atoms with van der Waals surface area (Å²) >= 11 is 0. The highest BCUT2D eigenvalue weighted by Gasteiger charge is 2.31. The molecule has 1 aromatic heterocycles. The third-order valence-electron chi connectivity index (χ3n) is 5.98. The van der Waals surface area contributed by atoms with Crippen molar-refractivity contribution in [3.05, 3.63) is 70.0 Å². The maximum Gasteiger partial charge on any atom is 0.416 e. The van der Waals surface area contributed by atoms with E-state index in [0.717, 1.165) is 23.6 Å². The summed E-state index contributed by atoms with van der Waals surface area (Å²) < 4.78 is 46.4. The predicted molar refractivity (Wildman–Crippen MR) is 120 cm³/mol. The molecule has 1 saturated heterocycles.